The van der Waals surface area contributed by atoms with Gasteiger partial charge in [0.25, 0.3) is 0 Å². The summed E-state index contributed by atoms with van der Waals surface area (Å²) in [6.45, 7) is 8.76. The van der Waals surface area contributed by atoms with E-state index in [2.05, 4.69) is 35.0 Å². The average Bonchev–Trinajstić information content (AvgIpc) is 3.15. The first-order valence-corrected chi connectivity index (χ1v) is 8.78. The zero-order chi connectivity index (χ0) is 18.8. The van der Waals surface area contributed by atoms with Gasteiger partial charge in [-0.3, -0.25) is 4.57 Å². The molecule has 0 bridgehead atoms. The van der Waals surface area contributed by atoms with Crippen molar-refractivity contribution in [3.63, 3.8) is 0 Å². The molecule has 0 radical (unpaired) electrons. The summed E-state index contributed by atoms with van der Waals surface area (Å²) in [6.07, 6.45) is -0.600. The fourth-order valence-corrected chi connectivity index (χ4v) is 3.26. The van der Waals surface area contributed by atoms with Crippen molar-refractivity contribution in [2.24, 2.45) is 0 Å². The molecule has 2 heterocycles. The van der Waals surface area contributed by atoms with E-state index in [1.54, 1.807) is 24.3 Å². The molecule has 6 heteroatoms. The van der Waals surface area contributed by atoms with Crippen molar-refractivity contribution in [3.8, 4) is 11.6 Å². The minimum Gasteiger partial charge on any atom is -0.508 e. The summed E-state index contributed by atoms with van der Waals surface area (Å²) in [5, 5.41) is 26.1. The summed E-state index contributed by atoms with van der Waals surface area (Å²) in [4.78, 5) is 0. The van der Waals surface area contributed by atoms with E-state index in [1.165, 1.54) is 5.56 Å². The Balaban J connectivity index is 1.70. The largest absolute Gasteiger partial charge is 0.508 e. The maximum atomic E-state index is 10.5. The van der Waals surface area contributed by atoms with Gasteiger partial charge < -0.3 is 20.1 Å². The molecule has 0 fully saturated rings. The van der Waals surface area contributed by atoms with Crippen LogP contribution in [0.1, 0.15) is 41.3 Å². The van der Waals surface area contributed by atoms with Crippen LogP contribution >= 0.6 is 0 Å². The molecule has 0 spiro atoms. The van der Waals surface area contributed by atoms with E-state index in [9.17, 15) is 10.2 Å². The molecule has 2 atom stereocenters. The zero-order valence-corrected chi connectivity index (χ0v) is 15.6. The van der Waals surface area contributed by atoms with Gasteiger partial charge in [-0.05, 0) is 51.5 Å². The molecule has 0 aliphatic heterocycles. The Hall–Kier alpha value is -2.57. The molecule has 0 aliphatic rings. The monoisotopic (exact) mass is 356 g/mol. The molecule has 0 aliphatic carbocycles. The molecule has 138 valence electrons. The number of nitrogens with zero attached hydrogens (tertiary/aromatic N) is 2. The molecule has 0 amide bonds. The van der Waals surface area contributed by atoms with Crippen LogP contribution in [0.5, 0.6) is 5.75 Å². The second-order valence-corrected chi connectivity index (χ2v) is 6.86. The smallest absolute Gasteiger partial charge is 0.180 e. The topological polar surface area (TPSA) is 88.0 Å². The zero-order valence-electron chi connectivity index (χ0n) is 15.6. The maximum absolute atomic E-state index is 10.5. The van der Waals surface area contributed by atoms with Gasteiger partial charge in [0.05, 0.1) is 0 Å². The van der Waals surface area contributed by atoms with Crippen LogP contribution in [-0.2, 0) is 6.54 Å². The predicted molar refractivity (Wildman–Crippen MR) is 98.2 cm³/mol. The van der Waals surface area contributed by atoms with Crippen LogP contribution < -0.4 is 5.32 Å². The summed E-state index contributed by atoms with van der Waals surface area (Å²) >= 11 is 0. The third-order valence-corrected chi connectivity index (χ3v) is 4.82. The Labute approximate surface area is 153 Å². The van der Waals surface area contributed by atoms with Crippen LogP contribution in [0.25, 0.3) is 5.82 Å². The number of hydrogen-bond donors (Lipinski definition) is 3. The van der Waals surface area contributed by atoms with E-state index in [-0.39, 0.29) is 11.8 Å². The lowest BCUT2D eigenvalue weighted by Gasteiger charge is -2.18. The van der Waals surface area contributed by atoms with Crippen molar-refractivity contribution in [2.45, 2.75) is 46.4 Å². The molecule has 3 aromatic rings. The number of quaternary nitrogens is 1. The predicted octanol–water partition coefficient (Wildman–Crippen LogP) is 2.28. The quantitative estimate of drug-likeness (QED) is 0.632. The van der Waals surface area contributed by atoms with Gasteiger partial charge in [-0.15, -0.1) is 0 Å². The number of aliphatic hydroxyl groups is 1. The normalized spacial score (nSPS) is 13.7. The highest BCUT2D eigenvalue weighted by molar-refractivity contribution is 5.36. The number of aromatic hydroxyl groups is 1. The molecule has 0 saturated heterocycles. The first-order valence-electron chi connectivity index (χ1n) is 8.78. The lowest BCUT2D eigenvalue weighted by molar-refractivity contribution is -0.709. The van der Waals surface area contributed by atoms with Gasteiger partial charge in [0.1, 0.15) is 30.2 Å². The standard InChI is InChI=1S/C20H25N3O3/c1-12-9-17(15(4)23(12)19-10-13(2)26-22-19)11-21-14(3)20(25)16-5-7-18(24)8-6-16/h5-10,14,20-21,24-25H,11H2,1-4H3/p+1/t14-,20+/m1/s1. The highest BCUT2D eigenvalue weighted by Crippen LogP contribution is 2.21. The number of phenolic OH excluding ortho intramolecular Hbond substituents is 1. The lowest BCUT2D eigenvalue weighted by atomic mass is 10.0. The van der Waals surface area contributed by atoms with Gasteiger partial charge in [-0.25, -0.2) is 0 Å². The third-order valence-electron chi connectivity index (χ3n) is 4.82. The van der Waals surface area contributed by atoms with E-state index in [4.69, 9.17) is 4.52 Å². The van der Waals surface area contributed by atoms with Gasteiger partial charge >= 0.3 is 0 Å². The first-order chi connectivity index (χ1) is 12.4. The number of hydrogen-bond acceptors (Lipinski definition) is 4. The summed E-state index contributed by atoms with van der Waals surface area (Å²) < 4.78 is 7.28. The maximum Gasteiger partial charge on any atom is 0.180 e. The van der Waals surface area contributed by atoms with Gasteiger partial charge in [-0.1, -0.05) is 17.3 Å². The van der Waals surface area contributed by atoms with Crippen molar-refractivity contribution >= 4 is 0 Å². The summed E-state index contributed by atoms with van der Waals surface area (Å²) in [6, 6.07) is 10.8. The molecule has 1 aromatic carbocycles. The van der Waals surface area contributed by atoms with Crippen LogP contribution in [0.2, 0.25) is 0 Å². The van der Waals surface area contributed by atoms with E-state index < -0.39 is 6.10 Å². The third kappa shape index (κ3) is 3.66. The average molecular weight is 356 g/mol. The van der Waals surface area contributed by atoms with Crippen LogP contribution in [0.4, 0.5) is 0 Å². The van der Waals surface area contributed by atoms with Crippen LogP contribution in [-0.4, -0.2) is 26.0 Å². The van der Waals surface area contributed by atoms with Crippen LogP contribution in [0, 0.1) is 20.8 Å². The van der Waals surface area contributed by atoms with E-state index in [1.807, 2.05) is 19.9 Å². The molecule has 6 nitrogen and oxygen atoms in total. The highest BCUT2D eigenvalue weighted by Gasteiger charge is 2.21. The number of rotatable bonds is 6. The molecule has 2 aromatic heterocycles. The molecular weight excluding hydrogens is 330 g/mol. The summed E-state index contributed by atoms with van der Waals surface area (Å²) in [5.74, 6) is 1.78. The minimum absolute atomic E-state index is 0.0168. The SMILES string of the molecule is Cc1cc(-n2c(C)cc(C[NH2+][C@H](C)[C@H](O)c3ccc(O)cc3)c2C)no1. The van der Waals surface area contributed by atoms with Crippen molar-refractivity contribution in [1.82, 2.24) is 9.72 Å². The second-order valence-electron chi connectivity index (χ2n) is 6.86. The van der Waals surface area contributed by atoms with Crippen molar-refractivity contribution in [3.05, 3.63) is 64.7 Å². The molecule has 0 saturated carbocycles. The van der Waals surface area contributed by atoms with Crippen LogP contribution in [0.3, 0.4) is 0 Å². The first kappa shape index (κ1) is 18.2. The summed E-state index contributed by atoms with van der Waals surface area (Å²) in [5.41, 5.74) is 4.23. The van der Waals surface area contributed by atoms with Crippen molar-refractivity contribution < 1.29 is 20.1 Å². The number of nitrogens with two attached hydrogens (primary N) is 1. The van der Waals surface area contributed by atoms with Gasteiger partial charge in [0.2, 0.25) is 0 Å². The molecular formula is C20H26N3O3+. The number of phenols is 1. The van der Waals surface area contributed by atoms with Crippen molar-refractivity contribution in [2.75, 3.05) is 0 Å². The molecule has 26 heavy (non-hydrogen) atoms. The Bertz CT molecular complexity index is 880. The fourth-order valence-electron chi connectivity index (χ4n) is 3.26. The van der Waals surface area contributed by atoms with Gasteiger partial charge in [0.15, 0.2) is 5.82 Å². The minimum atomic E-state index is -0.600. The van der Waals surface area contributed by atoms with E-state index in [0.29, 0.717) is 0 Å². The van der Waals surface area contributed by atoms with E-state index in [0.717, 1.165) is 35.1 Å². The Morgan fingerprint density at radius 3 is 2.46 bits per heavy atom. The number of aliphatic hydroxyl groups excluding tert-OH is 1. The Morgan fingerprint density at radius 1 is 1.15 bits per heavy atom. The molecule has 4 N–H and O–H groups in total. The molecule has 3 rings (SSSR count). The number of aryl methyl sites for hydroxylation is 2. The van der Waals surface area contributed by atoms with Crippen LogP contribution in [0.15, 0.2) is 40.9 Å². The Morgan fingerprint density at radius 2 is 1.85 bits per heavy atom. The van der Waals surface area contributed by atoms with Gasteiger partial charge in [-0.2, -0.15) is 0 Å². The van der Waals surface area contributed by atoms with Gasteiger partial charge in [0, 0.05) is 23.0 Å². The van der Waals surface area contributed by atoms with E-state index >= 15 is 0 Å². The fraction of sp³-hybridized carbons (Fsp3) is 0.350. The van der Waals surface area contributed by atoms with Crippen molar-refractivity contribution in [1.29, 1.82) is 0 Å². The lowest BCUT2D eigenvalue weighted by Crippen LogP contribution is -2.89. The second kappa shape index (κ2) is 7.35. The number of aromatic nitrogens is 2. The molecule has 0 unspecified atom stereocenters. The number of benzene rings is 1. The highest BCUT2D eigenvalue weighted by atomic mass is 16.5. The Kier molecular flexibility index (Phi) is 5.15. The summed E-state index contributed by atoms with van der Waals surface area (Å²) in [7, 11) is 0.